The number of benzene rings is 2. The molecule has 0 atom stereocenters. The number of nitrogens with one attached hydrogen (secondary N) is 2. The number of hydrogen-bond donors (Lipinski definition) is 2. The predicted molar refractivity (Wildman–Crippen MR) is 155 cm³/mol. The summed E-state index contributed by atoms with van der Waals surface area (Å²) < 4.78 is 12.8. The maximum Gasteiger partial charge on any atom is 0.266 e. The topological polar surface area (TPSA) is 110 Å². The molecule has 0 saturated carbocycles. The van der Waals surface area contributed by atoms with E-state index in [9.17, 15) is 14.4 Å². The quantitative estimate of drug-likeness (QED) is 0.156. The number of rotatable bonds is 10. The molecular weight excluding hydrogens is 565 g/mol. The molecule has 2 aromatic carbocycles. The van der Waals surface area contributed by atoms with Crippen LogP contribution in [0.3, 0.4) is 0 Å². The lowest BCUT2D eigenvalue weighted by molar-refractivity contribution is -0.128. The van der Waals surface area contributed by atoms with Gasteiger partial charge in [-0.1, -0.05) is 53.9 Å². The third-order valence-corrected chi connectivity index (χ3v) is 8.86. The van der Waals surface area contributed by atoms with Gasteiger partial charge in [0.25, 0.3) is 5.91 Å². The van der Waals surface area contributed by atoms with Crippen molar-refractivity contribution in [3.8, 4) is 11.5 Å². The van der Waals surface area contributed by atoms with Gasteiger partial charge in [0.1, 0.15) is 4.32 Å². The van der Waals surface area contributed by atoms with Gasteiger partial charge in [-0.05, 0) is 42.3 Å². The van der Waals surface area contributed by atoms with Crippen LogP contribution in [0.5, 0.6) is 11.5 Å². The van der Waals surface area contributed by atoms with Crippen LogP contribution in [-0.4, -0.2) is 58.4 Å². The summed E-state index contributed by atoms with van der Waals surface area (Å²) in [5.74, 6) is 0.386. The lowest BCUT2D eigenvalue weighted by atomic mass is 10.2. The first-order chi connectivity index (χ1) is 18.4. The molecule has 13 heteroatoms. The van der Waals surface area contributed by atoms with Gasteiger partial charge in [-0.25, -0.2) is 4.98 Å². The van der Waals surface area contributed by atoms with Gasteiger partial charge in [0.15, 0.2) is 15.8 Å². The number of thiocarbonyl (C=S) groups is 1. The van der Waals surface area contributed by atoms with Gasteiger partial charge >= 0.3 is 0 Å². The Labute approximate surface area is 237 Å². The molecule has 0 unspecified atom stereocenters. The molecule has 1 fully saturated rings. The molecule has 4 rings (SSSR count). The number of nitrogens with zero attached hydrogens (tertiary/aromatic N) is 2. The van der Waals surface area contributed by atoms with E-state index in [0.29, 0.717) is 33.7 Å². The van der Waals surface area contributed by atoms with E-state index in [1.54, 1.807) is 32.4 Å². The van der Waals surface area contributed by atoms with Crippen LogP contribution in [0.15, 0.2) is 51.7 Å². The minimum absolute atomic E-state index is 0.122. The lowest BCUT2D eigenvalue weighted by Crippen LogP contribution is -2.42. The molecule has 2 heterocycles. The van der Waals surface area contributed by atoms with Crippen molar-refractivity contribution in [3.05, 3.63) is 52.9 Å². The van der Waals surface area contributed by atoms with E-state index < -0.39 is 0 Å². The van der Waals surface area contributed by atoms with E-state index in [4.69, 9.17) is 21.7 Å². The van der Waals surface area contributed by atoms with Crippen LogP contribution < -0.4 is 20.3 Å². The first-order valence-corrected chi connectivity index (χ1v) is 14.4. The Morgan fingerprint density at radius 3 is 2.63 bits per heavy atom. The van der Waals surface area contributed by atoms with Crippen LogP contribution in [0.1, 0.15) is 18.4 Å². The van der Waals surface area contributed by atoms with Crippen molar-refractivity contribution in [2.75, 3.05) is 26.5 Å². The average Bonchev–Trinajstić information content (AvgIpc) is 3.46. The van der Waals surface area contributed by atoms with Crippen molar-refractivity contribution >= 4 is 85.4 Å². The van der Waals surface area contributed by atoms with E-state index in [0.717, 1.165) is 20.1 Å². The van der Waals surface area contributed by atoms with E-state index in [-0.39, 0.29) is 29.9 Å². The van der Waals surface area contributed by atoms with Gasteiger partial charge in [0.2, 0.25) is 11.8 Å². The number of fused-ring (bicyclic) bond motifs is 1. The Hall–Kier alpha value is -3.13. The number of hydrazine groups is 1. The smallest absolute Gasteiger partial charge is 0.266 e. The number of methoxy groups -OCH3 is 2. The van der Waals surface area contributed by atoms with E-state index in [1.165, 1.54) is 39.8 Å². The van der Waals surface area contributed by atoms with Crippen molar-refractivity contribution in [1.82, 2.24) is 20.7 Å². The van der Waals surface area contributed by atoms with Gasteiger partial charge in [-0.2, -0.15) is 0 Å². The monoisotopic (exact) mass is 588 g/mol. The number of ether oxygens (including phenoxy) is 2. The summed E-state index contributed by atoms with van der Waals surface area (Å²) in [7, 11) is 3.10. The van der Waals surface area contributed by atoms with Crippen LogP contribution in [-0.2, 0) is 14.4 Å². The molecule has 0 spiro atoms. The van der Waals surface area contributed by atoms with Gasteiger partial charge in [-0.15, -0.1) is 11.3 Å². The van der Waals surface area contributed by atoms with Crippen LogP contribution >= 0.6 is 47.1 Å². The number of thiazole rings is 1. The second-order valence-corrected chi connectivity index (χ2v) is 11.8. The molecule has 2 N–H and O–H groups in total. The Kier molecular flexibility index (Phi) is 9.61. The zero-order valence-electron chi connectivity index (χ0n) is 20.5. The summed E-state index contributed by atoms with van der Waals surface area (Å²) in [5, 5.41) is 0. The molecule has 9 nitrogen and oxygen atoms in total. The van der Waals surface area contributed by atoms with Crippen LogP contribution in [0.4, 0.5) is 0 Å². The maximum absolute atomic E-state index is 12.9. The average molecular weight is 589 g/mol. The standard InChI is InChI=1S/C25H24N4O5S4/c1-33-17-10-9-15(12-18(17)34-2)13-20-23(32)29(25(35)38-20)11-5-8-21(30)27-28-22(31)14-36-24-26-16-6-3-4-7-19(16)37-24/h3-4,6-7,9-10,12-13H,5,8,11,14H2,1-2H3,(H,27,30)(H,28,31). The van der Waals surface area contributed by atoms with E-state index in [1.807, 2.05) is 30.3 Å². The van der Waals surface area contributed by atoms with Crippen molar-refractivity contribution in [2.45, 2.75) is 17.2 Å². The number of thioether (sulfide) groups is 2. The van der Waals surface area contributed by atoms with Crippen molar-refractivity contribution < 1.29 is 23.9 Å². The Balaban J connectivity index is 1.19. The summed E-state index contributed by atoms with van der Waals surface area (Å²) in [5.41, 5.74) is 6.50. The van der Waals surface area contributed by atoms with E-state index >= 15 is 0 Å². The van der Waals surface area contributed by atoms with Gasteiger partial charge < -0.3 is 9.47 Å². The highest BCUT2D eigenvalue weighted by atomic mass is 32.2. The summed E-state index contributed by atoms with van der Waals surface area (Å²) in [6.45, 7) is 0.294. The zero-order chi connectivity index (χ0) is 27.1. The number of aromatic nitrogens is 1. The maximum atomic E-state index is 12.9. The molecule has 1 saturated heterocycles. The normalized spacial score (nSPS) is 14.3. The largest absolute Gasteiger partial charge is 0.493 e. The summed E-state index contributed by atoms with van der Waals surface area (Å²) >= 11 is 9.41. The second-order valence-electron chi connectivity index (χ2n) is 7.88. The van der Waals surface area contributed by atoms with Crippen LogP contribution in [0.2, 0.25) is 0 Å². The SMILES string of the molecule is COc1ccc(C=C2SC(=S)N(CCCC(=O)NNC(=O)CSc3nc4ccccc4s3)C2=O)cc1OC. The lowest BCUT2D eigenvalue weighted by Gasteiger charge is -2.14. The Morgan fingerprint density at radius 1 is 1.11 bits per heavy atom. The summed E-state index contributed by atoms with van der Waals surface area (Å²) in [6.07, 6.45) is 2.26. The molecular formula is C25H24N4O5S4. The number of amides is 3. The molecule has 198 valence electrons. The predicted octanol–water partition coefficient (Wildman–Crippen LogP) is 4.23. The van der Waals surface area contributed by atoms with Gasteiger partial charge in [0, 0.05) is 13.0 Å². The number of hydrogen-bond acceptors (Lipinski definition) is 10. The fourth-order valence-electron chi connectivity index (χ4n) is 3.46. The summed E-state index contributed by atoms with van der Waals surface area (Å²) in [6, 6.07) is 13.1. The molecule has 1 aliphatic rings. The number of para-hydroxylation sites is 1. The molecule has 3 amide bonds. The Morgan fingerprint density at radius 2 is 1.87 bits per heavy atom. The molecule has 0 radical (unpaired) electrons. The highest BCUT2D eigenvalue weighted by Crippen LogP contribution is 2.35. The van der Waals surface area contributed by atoms with E-state index in [2.05, 4.69) is 15.8 Å². The van der Waals surface area contributed by atoms with Crippen molar-refractivity contribution in [2.24, 2.45) is 0 Å². The molecule has 1 aliphatic heterocycles. The number of carbonyl (C=O) groups is 3. The summed E-state index contributed by atoms with van der Waals surface area (Å²) in [4.78, 5) is 43.6. The second kappa shape index (κ2) is 13.1. The van der Waals surface area contributed by atoms with Gasteiger partial charge in [0.05, 0.1) is 35.1 Å². The molecule has 0 aliphatic carbocycles. The molecule has 3 aromatic rings. The highest BCUT2D eigenvalue weighted by Gasteiger charge is 2.31. The van der Waals surface area contributed by atoms with Crippen molar-refractivity contribution in [3.63, 3.8) is 0 Å². The third kappa shape index (κ3) is 7.04. The first kappa shape index (κ1) is 27.9. The molecule has 0 bridgehead atoms. The fraction of sp³-hybridized carbons (Fsp3) is 0.240. The van der Waals surface area contributed by atoms with Gasteiger partial charge in [-0.3, -0.25) is 30.1 Å². The Bertz CT molecular complexity index is 1370. The minimum atomic E-state index is -0.352. The highest BCUT2D eigenvalue weighted by molar-refractivity contribution is 8.26. The van der Waals surface area contributed by atoms with Crippen molar-refractivity contribution in [1.29, 1.82) is 0 Å². The first-order valence-electron chi connectivity index (χ1n) is 11.4. The minimum Gasteiger partial charge on any atom is -0.493 e. The fourth-order valence-corrected chi connectivity index (χ4v) is 6.64. The third-order valence-electron chi connectivity index (χ3n) is 5.31. The number of carbonyl (C=O) groups excluding carboxylic acids is 3. The zero-order valence-corrected chi connectivity index (χ0v) is 23.8. The van der Waals surface area contributed by atoms with Crippen LogP contribution in [0.25, 0.3) is 16.3 Å². The van der Waals surface area contributed by atoms with Crippen LogP contribution in [0, 0.1) is 0 Å². The molecule has 38 heavy (non-hydrogen) atoms. The molecule has 1 aromatic heterocycles.